The number of carbonyl (C=O) groups excluding carboxylic acids is 1. The van der Waals surface area contributed by atoms with Crippen LogP contribution in [0.25, 0.3) is 0 Å². The van der Waals surface area contributed by atoms with Crippen LogP contribution in [0.15, 0.2) is 0 Å². The molecule has 2 unspecified atom stereocenters. The van der Waals surface area contributed by atoms with E-state index < -0.39 is 30.1 Å². The Kier molecular flexibility index (Phi) is 4.90. The Labute approximate surface area is 124 Å². The lowest BCUT2D eigenvalue weighted by Gasteiger charge is -2.40. The molecule has 0 radical (unpaired) electrons. The molecular weight excluding hydrogens is 309 g/mol. The number of amides is 2. The van der Waals surface area contributed by atoms with Crippen LogP contribution in [0.1, 0.15) is 12.8 Å². The number of carboxylic acid groups (broad SMARTS) is 1. The number of hydrogen-bond donors (Lipinski definition) is 1. The minimum Gasteiger partial charge on any atom is -0.480 e. The molecule has 5 nitrogen and oxygen atoms in total. The number of nitrogens with zero attached hydrogens (tertiary/aromatic N) is 2. The highest BCUT2D eigenvalue weighted by atomic mass is 32.2. The number of carboxylic acids is 1. The molecule has 2 aliphatic heterocycles. The number of aliphatic carboxylic acids is 1. The average Bonchev–Trinajstić information content (AvgIpc) is 2.45. The molecule has 2 heterocycles. The van der Waals surface area contributed by atoms with E-state index >= 15 is 0 Å². The van der Waals surface area contributed by atoms with Gasteiger partial charge in [-0.1, -0.05) is 0 Å². The second-order valence-corrected chi connectivity index (χ2v) is 6.38. The zero-order valence-electron chi connectivity index (χ0n) is 11.3. The molecule has 21 heavy (non-hydrogen) atoms. The maximum Gasteiger partial charge on any atom is 0.393 e. The van der Waals surface area contributed by atoms with Gasteiger partial charge in [0.15, 0.2) is 0 Å². The highest BCUT2D eigenvalue weighted by Gasteiger charge is 2.44. The second-order valence-electron chi connectivity index (χ2n) is 5.23. The van der Waals surface area contributed by atoms with Crippen molar-refractivity contribution in [3.8, 4) is 0 Å². The van der Waals surface area contributed by atoms with Crippen molar-refractivity contribution in [1.82, 2.24) is 9.80 Å². The molecule has 0 aromatic heterocycles. The third-order valence-electron chi connectivity index (χ3n) is 3.81. The van der Waals surface area contributed by atoms with E-state index in [-0.39, 0.29) is 38.2 Å². The number of hydrogen-bond acceptors (Lipinski definition) is 3. The van der Waals surface area contributed by atoms with Gasteiger partial charge in [0.05, 0.1) is 5.92 Å². The molecule has 2 atom stereocenters. The number of carbonyl (C=O) groups is 2. The smallest absolute Gasteiger partial charge is 0.393 e. The van der Waals surface area contributed by atoms with Gasteiger partial charge >= 0.3 is 18.2 Å². The van der Waals surface area contributed by atoms with Gasteiger partial charge in [-0.3, -0.25) is 0 Å². The van der Waals surface area contributed by atoms with Crippen molar-refractivity contribution in [2.75, 3.05) is 31.1 Å². The van der Waals surface area contributed by atoms with Gasteiger partial charge in [-0.2, -0.15) is 24.9 Å². The number of likely N-dealkylation sites (tertiary alicyclic amines) is 1. The van der Waals surface area contributed by atoms with E-state index in [1.807, 2.05) is 0 Å². The van der Waals surface area contributed by atoms with Crippen molar-refractivity contribution in [3.05, 3.63) is 0 Å². The van der Waals surface area contributed by atoms with E-state index in [0.717, 1.165) is 4.90 Å². The zero-order chi connectivity index (χ0) is 15.6. The third kappa shape index (κ3) is 3.75. The molecule has 2 saturated heterocycles. The zero-order valence-corrected chi connectivity index (χ0v) is 12.1. The van der Waals surface area contributed by atoms with Gasteiger partial charge in [0.1, 0.15) is 6.04 Å². The van der Waals surface area contributed by atoms with Gasteiger partial charge in [0.2, 0.25) is 0 Å². The fourth-order valence-corrected chi connectivity index (χ4v) is 3.68. The Hall–Kier alpha value is -1.12. The molecule has 0 saturated carbocycles. The number of rotatable bonds is 1. The highest BCUT2D eigenvalue weighted by Crippen LogP contribution is 2.33. The molecule has 0 bridgehead atoms. The van der Waals surface area contributed by atoms with E-state index in [1.165, 1.54) is 16.7 Å². The van der Waals surface area contributed by atoms with Gasteiger partial charge in [-0.15, -0.1) is 0 Å². The molecule has 0 aromatic carbocycles. The summed E-state index contributed by atoms with van der Waals surface area (Å²) < 4.78 is 38.3. The van der Waals surface area contributed by atoms with Crippen molar-refractivity contribution in [2.45, 2.75) is 25.1 Å². The predicted octanol–water partition coefficient (Wildman–Crippen LogP) is 1.88. The molecule has 0 aliphatic carbocycles. The lowest BCUT2D eigenvalue weighted by atomic mass is 9.98. The molecule has 1 N–H and O–H groups in total. The average molecular weight is 326 g/mol. The maximum atomic E-state index is 12.8. The van der Waals surface area contributed by atoms with Gasteiger partial charge < -0.3 is 14.9 Å². The van der Waals surface area contributed by atoms with Crippen molar-refractivity contribution >= 4 is 23.8 Å². The van der Waals surface area contributed by atoms with Crippen LogP contribution in [0.2, 0.25) is 0 Å². The number of alkyl halides is 3. The van der Waals surface area contributed by atoms with Crippen LogP contribution in [0.4, 0.5) is 18.0 Å². The molecule has 2 rings (SSSR count). The number of urea groups is 1. The first-order valence-corrected chi connectivity index (χ1v) is 7.89. The maximum absolute atomic E-state index is 12.8. The Morgan fingerprint density at radius 3 is 2.57 bits per heavy atom. The summed E-state index contributed by atoms with van der Waals surface area (Å²) in [6.07, 6.45) is -4.01. The van der Waals surface area contributed by atoms with Crippen LogP contribution >= 0.6 is 11.8 Å². The summed E-state index contributed by atoms with van der Waals surface area (Å²) in [5.41, 5.74) is 0. The Morgan fingerprint density at radius 1 is 1.24 bits per heavy atom. The predicted molar refractivity (Wildman–Crippen MR) is 71.2 cm³/mol. The van der Waals surface area contributed by atoms with Crippen molar-refractivity contribution in [3.63, 3.8) is 0 Å². The molecule has 120 valence electrons. The van der Waals surface area contributed by atoms with Crippen LogP contribution in [-0.2, 0) is 4.79 Å². The SMILES string of the molecule is O=C(O)C1CSCCN1C(=O)N1CCCC(C(F)(F)F)C1. The lowest BCUT2D eigenvalue weighted by molar-refractivity contribution is -0.184. The quantitative estimate of drug-likeness (QED) is 0.799. The Morgan fingerprint density at radius 2 is 1.95 bits per heavy atom. The van der Waals surface area contributed by atoms with E-state index in [0.29, 0.717) is 5.75 Å². The Bertz CT molecular complexity index is 419. The third-order valence-corrected chi connectivity index (χ3v) is 4.84. The first-order valence-electron chi connectivity index (χ1n) is 6.73. The van der Waals surface area contributed by atoms with E-state index in [2.05, 4.69) is 0 Å². The summed E-state index contributed by atoms with van der Waals surface area (Å²) in [5, 5.41) is 9.13. The Balaban J connectivity index is 2.06. The van der Waals surface area contributed by atoms with E-state index in [9.17, 15) is 22.8 Å². The largest absolute Gasteiger partial charge is 0.480 e. The summed E-state index contributed by atoms with van der Waals surface area (Å²) in [6.45, 7) is 0.132. The van der Waals surface area contributed by atoms with Crippen molar-refractivity contribution in [2.24, 2.45) is 5.92 Å². The fourth-order valence-electron chi connectivity index (χ4n) is 2.64. The number of halogens is 3. The summed E-state index contributed by atoms with van der Waals surface area (Å²) in [5.74, 6) is -1.75. The van der Waals surface area contributed by atoms with Gasteiger partial charge in [0.25, 0.3) is 0 Å². The van der Waals surface area contributed by atoms with Crippen molar-refractivity contribution in [1.29, 1.82) is 0 Å². The first kappa shape index (κ1) is 16.3. The van der Waals surface area contributed by atoms with Crippen LogP contribution in [0.3, 0.4) is 0 Å². The molecular formula is C12H17F3N2O3S. The normalized spacial score (nSPS) is 27.6. The van der Waals surface area contributed by atoms with E-state index in [4.69, 9.17) is 5.11 Å². The summed E-state index contributed by atoms with van der Waals surface area (Å²) in [7, 11) is 0. The summed E-state index contributed by atoms with van der Waals surface area (Å²) >= 11 is 1.43. The summed E-state index contributed by atoms with van der Waals surface area (Å²) in [4.78, 5) is 25.9. The number of thioether (sulfide) groups is 1. The highest BCUT2D eigenvalue weighted by molar-refractivity contribution is 7.99. The molecule has 0 aromatic rings. The summed E-state index contributed by atoms with van der Waals surface area (Å²) in [6, 6.07) is -1.54. The molecule has 9 heteroatoms. The first-order chi connectivity index (χ1) is 9.80. The van der Waals surface area contributed by atoms with Crippen molar-refractivity contribution < 1.29 is 27.9 Å². The van der Waals surface area contributed by atoms with Crippen LogP contribution in [-0.4, -0.2) is 70.3 Å². The fraction of sp³-hybridized carbons (Fsp3) is 0.833. The second kappa shape index (κ2) is 6.33. The topological polar surface area (TPSA) is 60.9 Å². The molecule has 0 spiro atoms. The molecule has 2 amide bonds. The minimum atomic E-state index is -4.32. The lowest BCUT2D eigenvalue weighted by Crippen LogP contribution is -2.57. The standard InChI is InChI=1S/C12H17F3N2O3S/c13-12(14,15)8-2-1-3-16(6-8)11(20)17-4-5-21-7-9(17)10(18)19/h8-9H,1-7H2,(H,18,19). The van der Waals surface area contributed by atoms with Gasteiger partial charge in [-0.25, -0.2) is 9.59 Å². The van der Waals surface area contributed by atoms with Gasteiger partial charge in [-0.05, 0) is 12.8 Å². The van der Waals surface area contributed by atoms with Gasteiger partial charge in [0, 0.05) is 31.1 Å². The van der Waals surface area contributed by atoms with Crippen LogP contribution in [0, 0.1) is 5.92 Å². The minimum absolute atomic E-state index is 0.0193. The molecule has 2 fully saturated rings. The van der Waals surface area contributed by atoms with Crippen LogP contribution < -0.4 is 0 Å². The van der Waals surface area contributed by atoms with E-state index in [1.54, 1.807) is 0 Å². The molecule has 2 aliphatic rings. The number of piperidine rings is 1. The van der Waals surface area contributed by atoms with Crippen LogP contribution in [0.5, 0.6) is 0 Å². The monoisotopic (exact) mass is 326 g/mol.